The predicted molar refractivity (Wildman–Crippen MR) is 147 cm³/mol. The first-order valence-corrected chi connectivity index (χ1v) is 15.1. The Morgan fingerprint density at radius 1 is 0.974 bits per heavy atom. The van der Waals surface area contributed by atoms with E-state index >= 15 is 0 Å². The van der Waals surface area contributed by atoms with E-state index in [1.165, 1.54) is 13.1 Å². The Morgan fingerprint density at radius 3 is 2.16 bits per heavy atom. The Bertz CT molecular complexity index is 1290. The lowest BCUT2D eigenvalue weighted by molar-refractivity contribution is -0.131. The molecule has 2 unspecified atom stereocenters. The first-order valence-electron chi connectivity index (χ1n) is 12.7. The summed E-state index contributed by atoms with van der Waals surface area (Å²) in [6.45, 7) is 7.62. The van der Waals surface area contributed by atoms with Crippen LogP contribution in [0.3, 0.4) is 0 Å². The first-order chi connectivity index (χ1) is 17.8. The lowest BCUT2D eigenvalue weighted by Gasteiger charge is -2.30. The maximum absolute atomic E-state index is 13.5. The molecule has 0 bridgehead atoms. The summed E-state index contributed by atoms with van der Waals surface area (Å²) < 4.78 is 13.5. The molecular formula is C27H35ClN3O6P. The molecule has 0 saturated heterocycles. The number of imide groups is 1. The van der Waals surface area contributed by atoms with Gasteiger partial charge in [-0.05, 0) is 42.9 Å². The van der Waals surface area contributed by atoms with Gasteiger partial charge in [0.1, 0.15) is 12.3 Å². The fourth-order valence-corrected chi connectivity index (χ4v) is 6.90. The zero-order valence-corrected chi connectivity index (χ0v) is 23.9. The number of rotatable bonds is 11. The van der Waals surface area contributed by atoms with Crippen molar-refractivity contribution >= 4 is 53.4 Å². The molecule has 3 rings (SSSR count). The van der Waals surface area contributed by atoms with Crippen molar-refractivity contribution in [2.45, 2.75) is 46.6 Å². The van der Waals surface area contributed by atoms with Crippen LogP contribution in [0.15, 0.2) is 30.3 Å². The quantitative estimate of drug-likeness (QED) is 0.276. The minimum Gasteiger partial charge on any atom is -0.357 e. The monoisotopic (exact) mass is 563 g/mol. The predicted octanol–water partition coefficient (Wildman–Crippen LogP) is 4.26. The van der Waals surface area contributed by atoms with Crippen LogP contribution in [-0.4, -0.2) is 59.0 Å². The summed E-state index contributed by atoms with van der Waals surface area (Å²) in [5, 5.41) is 6.64. The molecule has 1 aliphatic heterocycles. The molecule has 0 saturated carbocycles. The van der Waals surface area contributed by atoms with Crippen LogP contribution in [-0.2, 0) is 14.2 Å². The highest BCUT2D eigenvalue weighted by molar-refractivity contribution is 7.58. The number of hydrogen-bond acceptors (Lipinski definition) is 5. The Kier molecular flexibility index (Phi) is 9.39. The third-order valence-electron chi connectivity index (χ3n) is 6.52. The summed E-state index contributed by atoms with van der Waals surface area (Å²) in [6.07, 6.45) is -0.465. The van der Waals surface area contributed by atoms with E-state index in [-0.39, 0.29) is 28.9 Å². The van der Waals surface area contributed by atoms with Crippen LogP contribution < -0.4 is 10.6 Å². The van der Waals surface area contributed by atoms with Gasteiger partial charge in [0, 0.05) is 46.0 Å². The van der Waals surface area contributed by atoms with Gasteiger partial charge < -0.3 is 15.5 Å². The molecular weight excluding hydrogens is 529 g/mol. The molecule has 9 nitrogen and oxygen atoms in total. The second kappa shape index (κ2) is 12.0. The molecule has 206 valence electrons. The number of carbonyl (C=O) groups is 4. The molecule has 0 aliphatic carbocycles. The van der Waals surface area contributed by atoms with Crippen LogP contribution in [0.1, 0.15) is 61.3 Å². The van der Waals surface area contributed by atoms with E-state index in [1.807, 2.05) is 27.7 Å². The number of likely N-dealkylation sites (N-methyl/N-ethyl adjacent to an activating group) is 1. The SMILES string of the molecule is CNC(=O)[C@H](CC(C)C)NC(=O)C(CC(C)C)CP(=O)(O)CN1C(=O)c2cccc3c(Cl)ccc(c23)C1=O. The van der Waals surface area contributed by atoms with E-state index in [2.05, 4.69) is 10.6 Å². The third kappa shape index (κ3) is 6.63. The molecule has 0 radical (unpaired) electrons. The van der Waals surface area contributed by atoms with Crippen molar-refractivity contribution < 1.29 is 28.6 Å². The van der Waals surface area contributed by atoms with Crippen LogP contribution in [0, 0.1) is 17.8 Å². The highest BCUT2D eigenvalue weighted by atomic mass is 35.5. The van der Waals surface area contributed by atoms with Gasteiger partial charge in [-0.15, -0.1) is 0 Å². The van der Waals surface area contributed by atoms with Gasteiger partial charge in [0.05, 0.1) is 0 Å². The van der Waals surface area contributed by atoms with Crippen molar-refractivity contribution in [1.29, 1.82) is 0 Å². The molecule has 3 N–H and O–H groups in total. The van der Waals surface area contributed by atoms with Gasteiger partial charge in [-0.25, -0.2) is 0 Å². The fourth-order valence-electron chi connectivity index (χ4n) is 4.86. The smallest absolute Gasteiger partial charge is 0.261 e. The number of halogens is 1. The van der Waals surface area contributed by atoms with Gasteiger partial charge in [0.25, 0.3) is 11.8 Å². The van der Waals surface area contributed by atoms with E-state index in [1.54, 1.807) is 24.3 Å². The highest BCUT2D eigenvalue weighted by Crippen LogP contribution is 2.46. The molecule has 2 aromatic carbocycles. The zero-order valence-electron chi connectivity index (χ0n) is 22.3. The number of benzene rings is 2. The molecule has 1 heterocycles. The minimum atomic E-state index is -4.20. The average Bonchev–Trinajstić information content (AvgIpc) is 2.83. The van der Waals surface area contributed by atoms with E-state index in [4.69, 9.17) is 11.6 Å². The van der Waals surface area contributed by atoms with Crippen molar-refractivity contribution in [3.05, 3.63) is 46.5 Å². The second-order valence-electron chi connectivity index (χ2n) is 10.7. The van der Waals surface area contributed by atoms with Gasteiger partial charge in [-0.3, -0.25) is 28.6 Å². The number of nitrogens with zero attached hydrogens (tertiary/aromatic N) is 1. The molecule has 0 aromatic heterocycles. The molecule has 2 aromatic rings. The molecule has 11 heteroatoms. The van der Waals surface area contributed by atoms with Crippen molar-refractivity contribution in [2.75, 3.05) is 19.5 Å². The zero-order chi connectivity index (χ0) is 28.4. The van der Waals surface area contributed by atoms with Crippen LogP contribution in [0.4, 0.5) is 0 Å². The van der Waals surface area contributed by atoms with Gasteiger partial charge in [-0.1, -0.05) is 51.4 Å². The number of nitrogens with one attached hydrogen (secondary N) is 2. The number of carbonyl (C=O) groups excluding carboxylic acids is 4. The van der Waals surface area contributed by atoms with Crippen LogP contribution in [0.25, 0.3) is 10.8 Å². The Hall–Kier alpha value is -2.74. The molecule has 4 amide bonds. The standard InChI is InChI=1S/C27H35ClN3O6P/c1-15(2)11-17(24(32)30-22(12-16(3)4)25(33)29-5)13-38(36,37)14-31-26(34)19-8-6-7-18-21(28)10-9-20(23(18)19)27(31)35/h6-10,15-17,22H,11-14H2,1-5H3,(H,29,33)(H,30,32)(H,36,37)/t17?,22-/m0/s1. The van der Waals surface area contributed by atoms with E-state index in [0.717, 1.165) is 4.90 Å². The number of hydrogen-bond donors (Lipinski definition) is 3. The summed E-state index contributed by atoms with van der Waals surface area (Å²) in [7, 11) is -2.72. The van der Waals surface area contributed by atoms with Crippen molar-refractivity contribution in [3.63, 3.8) is 0 Å². The maximum atomic E-state index is 13.5. The van der Waals surface area contributed by atoms with Crippen molar-refractivity contribution in [3.8, 4) is 0 Å². The normalized spacial score (nSPS) is 16.5. The summed E-state index contributed by atoms with van der Waals surface area (Å²) in [5.41, 5.74) is 0.441. The second-order valence-corrected chi connectivity index (χ2v) is 13.4. The Morgan fingerprint density at radius 2 is 1.58 bits per heavy atom. The topological polar surface area (TPSA) is 133 Å². The van der Waals surface area contributed by atoms with E-state index in [0.29, 0.717) is 28.6 Å². The largest absolute Gasteiger partial charge is 0.357 e. The Balaban J connectivity index is 1.84. The fraction of sp³-hybridized carbons (Fsp3) is 0.481. The van der Waals surface area contributed by atoms with Gasteiger partial charge in [0.2, 0.25) is 19.2 Å². The first kappa shape index (κ1) is 29.8. The number of amides is 4. The average molecular weight is 564 g/mol. The molecule has 1 aliphatic rings. The lowest BCUT2D eigenvalue weighted by atomic mass is 9.94. The van der Waals surface area contributed by atoms with Crippen LogP contribution in [0.2, 0.25) is 5.02 Å². The molecule has 38 heavy (non-hydrogen) atoms. The minimum absolute atomic E-state index is 0.0155. The summed E-state index contributed by atoms with van der Waals surface area (Å²) in [4.78, 5) is 63.8. The third-order valence-corrected chi connectivity index (χ3v) is 8.59. The van der Waals surface area contributed by atoms with Crippen molar-refractivity contribution in [1.82, 2.24) is 15.5 Å². The van der Waals surface area contributed by atoms with Crippen LogP contribution in [0.5, 0.6) is 0 Å². The summed E-state index contributed by atoms with van der Waals surface area (Å²) >= 11 is 6.26. The highest BCUT2D eigenvalue weighted by Gasteiger charge is 2.39. The van der Waals surface area contributed by atoms with E-state index < -0.39 is 49.5 Å². The summed E-state index contributed by atoms with van der Waals surface area (Å²) in [5.74, 6) is -2.99. The summed E-state index contributed by atoms with van der Waals surface area (Å²) in [6, 6.07) is 7.17. The lowest BCUT2D eigenvalue weighted by Crippen LogP contribution is -2.49. The van der Waals surface area contributed by atoms with Gasteiger partial charge in [-0.2, -0.15) is 0 Å². The van der Waals surface area contributed by atoms with Crippen molar-refractivity contribution in [2.24, 2.45) is 17.8 Å². The maximum Gasteiger partial charge on any atom is 0.261 e. The molecule has 0 spiro atoms. The Labute approximate surface area is 227 Å². The van der Waals surface area contributed by atoms with Gasteiger partial charge in [0.15, 0.2) is 0 Å². The van der Waals surface area contributed by atoms with Gasteiger partial charge >= 0.3 is 0 Å². The van der Waals surface area contributed by atoms with E-state index in [9.17, 15) is 28.6 Å². The molecule has 0 fully saturated rings. The molecule has 3 atom stereocenters. The van der Waals surface area contributed by atoms with Crippen LogP contribution >= 0.6 is 19.0 Å².